The van der Waals surface area contributed by atoms with Crippen LogP contribution < -0.4 is 0 Å². The molecule has 5 atom stereocenters. The van der Waals surface area contributed by atoms with Crippen LogP contribution in [0, 0.1) is 11.8 Å². The third kappa shape index (κ3) is 62.0. The van der Waals surface area contributed by atoms with Crippen molar-refractivity contribution in [2.75, 3.05) is 0 Å². The van der Waals surface area contributed by atoms with E-state index in [0.29, 0.717) is 25.0 Å². The molecule has 4 heteroatoms. The number of ether oxygens (including phenoxy) is 1. The monoisotopic (exact) mass is 1200 g/mol. The van der Waals surface area contributed by atoms with Gasteiger partial charge >= 0.3 is 5.97 Å². The Kier molecular flexibility index (Phi) is 67.2. The molecule has 0 aliphatic carbocycles. The van der Waals surface area contributed by atoms with Crippen LogP contribution in [0.2, 0.25) is 0 Å². The van der Waals surface area contributed by atoms with Crippen molar-refractivity contribution in [1.29, 1.82) is 0 Å². The molecular weight excluding hydrogens is 1040 g/mol. The third-order valence-electron chi connectivity index (χ3n) is 20.6. The molecule has 5 unspecified atom stereocenters. The number of aliphatic hydroxyl groups excluding tert-OH is 1. The Hall–Kier alpha value is -0.610. The Balaban J connectivity index is 1.72. The highest BCUT2D eigenvalue weighted by molar-refractivity contribution is 5.70. The van der Waals surface area contributed by atoms with Crippen molar-refractivity contribution in [3.63, 3.8) is 0 Å². The van der Waals surface area contributed by atoms with E-state index in [1.165, 1.54) is 424 Å². The molecule has 0 aromatic carbocycles. The van der Waals surface area contributed by atoms with E-state index in [0.717, 1.165) is 31.6 Å². The van der Waals surface area contributed by atoms with E-state index < -0.39 is 18.0 Å². The average molecular weight is 1200 g/mol. The van der Waals surface area contributed by atoms with E-state index in [2.05, 4.69) is 20.8 Å². The van der Waals surface area contributed by atoms with Gasteiger partial charge in [0.05, 0.1) is 24.2 Å². The van der Waals surface area contributed by atoms with Crippen molar-refractivity contribution in [2.45, 2.75) is 501 Å². The first-order valence-corrected chi connectivity index (χ1v) is 40.6. The molecule has 1 aliphatic heterocycles. The standard InChI is InChI=1S/C81H160O4/c1-4-6-8-10-12-14-16-18-20-22-24-37-41-45-49-53-57-61-65-69-73-77(81(83)84)78(82)74-70-66-62-58-54-50-46-42-38-35-33-31-29-27-25-26-28-30-32-34-36-39-43-47-51-55-59-63-67-71-75-79-80(85-79)76(3)72-68-64-60-56-52-48-44-40-23-21-19-17-15-13-11-9-7-5-2/h76-80,82H,4-75H2,1-3H3,(H,83,84). The molecular formula is C81H160O4. The van der Waals surface area contributed by atoms with Gasteiger partial charge in [0.2, 0.25) is 0 Å². The summed E-state index contributed by atoms with van der Waals surface area (Å²) in [6.45, 7) is 7.06. The molecule has 1 rings (SSSR count). The normalized spacial score (nSPS) is 15.3. The first-order valence-electron chi connectivity index (χ1n) is 40.6. The van der Waals surface area contributed by atoms with E-state index in [4.69, 9.17) is 4.74 Å². The number of aliphatic carboxylic acids is 1. The smallest absolute Gasteiger partial charge is 0.309 e. The molecule has 0 radical (unpaired) electrons. The zero-order valence-corrected chi connectivity index (χ0v) is 59.0. The molecule has 85 heavy (non-hydrogen) atoms. The first-order chi connectivity index (χ1) is 42.0. The van der Waals surface area contributed by atoms with Gasteiger partial charge in [0.15, 0.2) is 0 Å². The molecule has 1 saturated heterocycles. The molecule has 0 amide bonds. The van der Waals surface area contributed by atoms with E-state index in [1.807, 2.05) is 0 Å². The fourth-order valence-corrected chi connectivity index (χ4v) is 14.4. The first kappa shape index (κ1) is 82.4. The number of hydrogen-bond acceptors (Lipinski definition) is 3. The van der Waals surface area contributed by atoms with Crippen LogP contribution in [-0.4, -0.2) is 34.5 Å². The minimum Gasteiger partial charge on any atom is -0.481 e. The molecule has 0 spiro atoms. The predicted octanol–water partition coefficient (Wildman–Crippen LogP) is 28.6. The summed E-state index contributed by atoms with van der Waals surface area (Å²) in [5, 5.41) is 20.5. The number of carboxylic acid groups (broad SMARTS) is 1. The predicted molar refractivity (Wildman–Crippen MR) is 379 cm³/mol. The summed E-state index contributed by atoms with van der Waals surface area (Å²) in [6, 6.07) is 0. The molecule has 0 aromatic heterocycles. The van der Waals surface area contributed by atoms with Crippen LogP contribution >= 0.6 is 0 Å². The molecule has 1 fully saturated rings. The van der Waals surface area contributed by atoms with Gasteiger partial charge in [0.1, 0.15) is 0 Å². The molecule has 508 valence electrons. The average Bonchev–Trinajstić information content (AvgIpc) is 4.37. The SMILES string of the molecule is CCCCCCCCCCCCCCCCCCCCCCC(C(=O)O)C(O)CCCCCCCCCCCCCCCCCCCCCCCCCCCCCCCCC1OC1C(C)CCCCCCCCCCCCCCCCCCCC. The lowest BCUT2D eigenvalue weighted by atomic mass is 9.91. The maximum atomic E-state index is 11.9. The van der Waals surface area contributed by atoms with Crippen LogP contribution in [0.25, 0.3) is 0 Å². The van der Waals surface area contributed by atoms with Crippen LogP contribution in [-0.2, 0) is 9.53 Å². The van der Waals surface area contributed by atoms with Gasteiger partial charge in [0.25, 0.3) is 0 Å². The molecule has 0 bridgehead atoms. The summed E-state index contributed by atoms with van der Waals surface area (Å²) in [5.74, 6) is -0.612. The van der Waals surface area contributed by atoms with Crippen molar-refractivity contribution in [3.05, 3.63) is 0 Å². The highest BCUT2D eigenvalue weighted by Gasteiger charge is 2.41. The highest BCUT2D eigenvalue weighted by Crippen LogP contribution is 2.36. The fraction of sp³-hybridized carbons (Fsp3) is 0.988. The fourth-order valence-electron chi connectivity index (χ4n) is 14.4. The Morgan fingerprint density at radius 1 is 0.282 bits per heavy atom. The number of rotatable bonds is 76. The van der Waals surface area contributed by atoms with Gasteiger partial charge in [-0.25, -0.2) is 0 Å². The van der Waals surface area contributed by atoms with Crippen LogP contribution in [0.4, 0.5) is 0 Å². The summed E-state index contributed by atoms with van der Waals surface area (Å²) in [7, 11) is 0. The van der Waals surface area contributed by atoms with Crippen molar-refractivity contribution in [1.82, 2.24) is 0 Å². The van der Waals surface area contributed by atoms with E-state index in [-0.39, 0.29) is 0 Å². The van der Waals surface area contributed by atoms with Gasteiger partial charge in [-0.3, -0.25) is 4.79 Å². The molecule has 0 aromatic rings. The Morgan fingerprint density at radius 3 is 0.694 bits per heavy atom. The van der Waals surface area contributed by atoms with Crippen molar-refractivity contribution < 1.29 is 19.7 Å². The van der Waals surface area contributed by atoms with E-state index >= 15 is 0 Å². The number of unbranched alkanes of at least 4 members (excludes halogenated alkanes) is 65. The quantitative estimate of drug-likeness (QED) is 0.0470. The number of hydrogen-bond donors (Lipinski definition) is 2. The van der Waals surface area contributed by atoms with Crippen LogP contribution in [0.5, 0.6) is 0 Å². The summed E-state index contributed by atoms with van der Waals surface area (Å²) >= 11 is 0. The van der Waals surface area contributed by atoms with Crippen LogP contribution in [0.3, 0.4) is 0 Å². The van der Waals surface area contributed by atoms with Gasteiger partial charge < -0.3 is 14.9 Å². The second-order valence-electron chi connectivity index (χ2n) is 29.1. The van der Waals surface area contributed by atoms with E-state index in [1.54, 1.807) is 0 Å². The number of epoxide rings is 1. The summed E-state index contributed by atoms with van der Waals surface area (Å²) < 4.78 is 6.15. The molecule has 1 aliphatic rings. The second kappa shape index (κ2) is 69.3. The zero-order valence-electron chi connectivity index (χ0n) is 59.0. The minimum absolute atomic E-state index is 0.583. The molecule has 4 nitrogen and oxygen atoms in total. The molecule has 1 heterocycles. The zero-order chi connectivity index (χ0) is 61.1. The lowest BCUT2D eigenvalue weighted by molar-refractivity contribution is -0.146. The topological polar surface area (TPSA) is 70.1 Å². The Bertz CT molecular complexity index is 1250. The lowest BCUT2D eigenvalue weighted by Gasteiger charge is -2.19. The summed E-state index contributed by atoms with van der Waals surface area (Å²) in [5.41, 5.74) is 0. The van der Waals surface area contributed by atoms with Gasteiger partial charge in [-0.2, -0.15) is 0 Å². The Morgan fingerprint density at radius 2 is 0.471 bits per heavy atom. The number of carbonyl (C=O) groups is 1. The summed E-state index contributed by atoms with van der Waals surface area (Å²) in [6.07, 6.45) is 99.8. The maximum absolute atomic E-state index is 11.9. The Labute approximate surface area is 536 Å². The van der Waals surface area contributed by atoms with Gasteiger partial charge in [-0.15, -0.1) is 0 Å². The van der Waals surface area contributed by atoms with Crippen molar-refractivity contribution >= 4 is 5.97 Å². The minimum atomic E-state index is -0.799. The van der Waals surface area contributed by atoms with Crippen LogP contribution in [0.1, 0.15) is 483 Å². The van der Waals surface area contributed by atoms with Gasteiger partial charge in [-0.1, -0.05) is 457 Å². The maximum Gasteiger partial charge on any atom is 0.309 e. The van der Waals surface area contributed by atoms with E-state index in [9.17, 15) is 15.0 Å². The molecule has 2 N–H and O–H groups in total. The molecule has 0 saturated carbocycles. The lowest BCUT2D eigenvalue weighted by Crippen LogP contribution is -2.28. The highest BCUT2D eigenvalue weighted by atomic mass is 16.6. The third-order valence-corrected chi connectivity index (χ3v) is 20.6. The summed E-state index contributed by atoms with van der Waals surface area (Å²) in [4.78, 5) is 11.9. The van der Waals surface area contributed by atoms with Gasteiger partial charge in [0, 0.05) is 0 Å². The number of aliphatic hydroxyl groups is 1. The second-order valence-corrected chi connectivity index (χ2v) is 29.1. The number of carboxylic acids is 1. The van der Waals surface area contributed by atoms with Gasteiger partial charge in [-0.05, 0) is 31.6 Å². The largest absolute Gasteiger partial charge is 0.481 e. The van der Waals surface area contributed by atoms with Crippen molar-refractivity contribution in [2.24, 2.45) is 11.8 Å². The van der Waals surface area contributed by atoms with Crippen molar-refractivity contribution in [3.8, 4) is 0 Å². The van der Waals surface area contributed by atoms with Crippen LogP contribution in [0.15, 0.2) is 0 Å².